The Balaban J connectivity index is 1.82. The summed E-state index contributed by atoms with van der Waals surface area (Å²) >= 11 is 0. The number of ether oxygens (including phenoxy) is 2. The van der Waals surface area contributed by atoms with E-state index >= 15 is 0 Å². The maximum absolute atomic E-state index is 12.3. The Morgan fingerprint density at radius 2 is 1.77 bits per heavy atom. The van der Waals surface area contributed by atoms with Gasteiger partial charge in [-0.25, -0.2) is 0 Å². The van der Waals surface area contributed by atoms with Gasteiger partial charge in [0.25, 0.3) is 0 Å². The second kappa shape index (κ2) is 8.83. The van der Waals surface area contributed by atoms with Gasteiger partial charge in [-0.05, 0) is 53.4 Å². The number of epoxide rings is 1. The molecule has 1 fully saturated rings. The van der Waals surface area contributed by atoms with Crippen LogP contribution in [0.5, 0.6) is 0 Å². The fourth-order valence-corrected chi connectivity index (χ4v) is 3.31. The smallest absolute Gasteiger partial charge is 0.194 e. The molecule has 0 radical (unpaired) electrons. The summed E-state index contributed by atoms with van der Waals surface area (Å²) < 4.78 is 10.6. The van der Waals surface area contributed by atoms with Crippen LogP contribution in [0, 0.1) is 0 Å². The summed E-state index contributed by atoms with van der Waals surface area (Å²) in [6.45, 7) is 8.52. The number of carbonyl (C=O) groups excluding carboxylic acids is 1. The molecule has 0 bridgehead atoms. The minimum atomic E-state index is -0.876. The molecular weight excluding hydrogens is 328 g/mol. The number of rotatable bonds is 9. The molecule has 1 aliphatic carbocycles. The van der Waals surface area contributed by atoms with Crippen LogP contribution in [0.15, 0.2) is 46.8 Å². The molecular formula is C22H32O4. The summed E-state index contributed by atoms with van der Waals surface area (Å²) in [6, 6.07) is 0. The molecule has 0 spiro atoms. The van der Waals surface area contributed by atoms with E-state index < -0.39 is 17.8 Å². The summed E-state index contributed by atoms with van der Waals surface area (Å²) in [7, 11) is 1.46. The van der Waals surface area contributed by atoms with Crippen molar-refractivity contribution >= 4 is 5.78 Å². The number of aliphatic hydroxyl groups excluding tert-OH is 1. The average Bonchev–Trinajstić information content (AvgIpc) is 3.33. The lowest BCUT2D eigenvalue weighted by Gasteiger charge is -2.19. The van der Waals surface area contributed by atoms with E-state index in [0.29, 0.717) is 12.2 Å². The lowest BCUT2D eigenvalue weighted by atomic mass is 9.86. The SMILES string of the molecule is COC1=CC(=O)C2(CC=C(C)CCC=C(C)CCC=C(C)C)OC2C1O. The largest absolute Gasteiger partial charge is 0.498 e. The number of methoxy groups -OCH3 is 1. The lowest BCUT2D eigenvalue weighted by molar-refractivity contribution is -0.120. The van der Waals surface area contributed by atoms with E-state index in [9.17, 15) is 9.90 Å². The summed E-state index contributed by atoms with van der Waals surface area (Å²) in [5.74, 6) is 0.186. The molecule has 1 heterocycles. The number of ketones is 1. The van der Waals surface area contributed by atoms with Gasteiger partial charge >= 0.3 is 0 Å². The third kappa shape index (κ3) is 4.95. The highest BCUT2D eigenvalue weighted by atomic mass is 16.6. The summed E-state index contributed by atoms with van der Waals surface area (Å²) in [5, 5.41) is 10.1. The molecule has 26 heavy (non-hydrogen) atoms. The van der Waals surface area contributed by atoms with Crippen LogP contribution in [0.25, 0.3) is 0 Å². The number of hydrogen-bond donors (Lipinski definition) is 1. The number of hydrogen-bond acceptors (Lipinski definition) is 4. The molecule has 1 N–H and O–H groups in total. The monoisotopic (exact) mass is 360 g/mol. The zero-order valence-electron chi connectivity index (χ0n) is 16.7. The van der Waals surface area contributed by atoms with Gasteiger partial charge in [0.05, 0.1) is 7.11 Å². The molecule has 0 aromatic carbocycles. The van der Waals surface area contributed by atoms with E-state index in [2.05, 4.69) is 45.9 Å². The highest BCUT2D eigenvalue weighted by molar-refractivity contribution is 6.01. The van der Waals surface area contributed by atoms with Crippen LogP contribution >= 0.6 is 0 Å². The van der Waals surface area contributed by atoms with Crippen molar-refractivity contribution in [2.75, 3.05) is 7.11 Å². The second-order valence-corrected chi connectivity index (χ2v) is 7.65. The van der Waals surface area contributed by atoms with E-state index in [1.54, 1.807) is 0 Å². The predicted molar refractivity (Wildman–Crippen MR) is 104 cm³/mol. The zero-order valence-corrected chi connectivity index (χ0v) is 16.7. The molecule has 0 aromatic heterocycles. The maximum atomic E-state index is 12.3. The first-order valence-corrected chi connectivity index (χ1v) is 9.40. The standard InChI is InChI=1S/C22H32O4/c1-15(2)8-6-9-16(3)10-7-11-17(4)12-13-22-19(23)14-18(25-5)20(24)21(22)26-22/h8,10,12,14,20-21,24H,6-7,9,11,13H2,1-5H3. The van der Waals surface area contributed by atoms with Crippen molar-refractivity contribution in [3.05, 3.63) is 46.8 Å². The van der Waals surface area contributed by atoms with Crippen LogP contribution < -0.4 is 0 Å². The second-order valence-electron chi connectivity index (χ2n) is 7.65. The van der Waals surface area contributed by atoms with Crippen LogP contribution in [0.4, 0.5) is 0 Å². The molecule has 0 saturated carbocycles. The van der Waals surface area contributed by atoms with E-state index in [1.807, 2.05) is 0 Å². The van der Waals surface area contributed by atoms with Crippen LogP contribution in [0.2, 0.25) is 0 Å². The molecule has 2 aliphatic rings. The van der Waals surface area contributed by atoms with Gasteiger partial charge in [-0.2, -0.15) is 0 Å². The molecule has 144 valence electrons. The maximum Gasteiger partial charge on any atom is 0.194 e. The van der Waals surface area contributed by atoms with Crippen LogP contribution in [0.3, 0.4) is 0 Å². The van der Waals surface area contributed by atoms with Gasteiger partial charge in [0.1, 0.15) is 18.0 Å². The van der Waals surface area contributed by atoms with Gasteiger partial charge in [0, 0.05) is 12.5 Å². The lowest BCUT2D eigenvalue weighted by Crippen LogP contribution is -2.37. The van der Waals surface area contributed by atoms with Crippen molar-refractivity contribution in [3.63, 3.8) is 0 Å². The molecule has 1 aliphatic heterocycles. The minimum absolute atomic E-state index is 0.108. The Kier molecular flexibility index (Phi) is 7.01. The Labute approximate surface area is 157 Å². The summed E-state index contributed by atoms with van der Waals surface area (Å²) in [5.41, 5.74) is 3.15. The predicted octanol–water partition coefficient (Wildman–Crippen LogP) is 4.41. The first-order chi connectivity index (χ1) is 12.3. The average molecular weight is 360 g/mol. The van der Waals surface area contributed by atoms with Crippen molar-refractivity contribution in [3.8, 4) is 0 Å². The quantitative estimate of drug-likeness (QED) is 0.489. The molecule has 3 atom stereocenters. The van der Waals surface area contributed by atoms with E-state index in [1.165, 1.54) is 29.9 Å². The van der Waals surface area contributed by atoms with Gasteiger partial charge in [0.2, 0.25) is 0 Å². The Bertz CT molecular complexity index is 649. The highest BCUT2D eigenvalue weighted by Gasteiger charge is 2.66. The number of allylic oxidation sites excluding steroid dienone is 5. The molecule has 0 amide bonds. The van der Waals surface area contributed by atoms with Crippen LogP contribution in [-0.2, 0) is 14.3 Å². The zero-order chi connectivity index (χ0) is 19.3. The van der Waals surface area contributed by atoms with E-state index in [0.717, 1.165) is 25.7 Å². The van der Waals surface area contributed by atoms with Crippen molar-refractivity contribution in [2.24, 2.45) is 0 Å². The Morgan fingerprint density at radius 3 is 2.38 bits per heavy atom. The molecule has 3 unspecified atom stereocenters. The topological polar surface area (TPSA) is 59.1 Å². The van der Waals surface area contributed by atoms with Gasteiger partial charge in [-0.1, -0.05) is 34.9 Å². The fraction of sp³-hybridized carbons (Fsp3) is 0.591. The van der Waals surface area contributed by atoms with Crippen molar-refractivity contribution in [2.45, 2.75) is 77.6 Å². The first-order valence-electron chi connectivity index (χ1n) is 9.40. The van der Waals surface area contributed by atoms with Gasteiger partial charge in [-0.15, -0.1) is 0 Å². The van der Waals surface area contributed by atoms with Crippen molar-refractivity contribution in [1.82, 2.24) is 0 Å². The van der Waals surface area contributed by atoms with E-state index in [-0.39, 0.29) is 5.78 Å². The van der Waals surface area contributed by atoms with Gasteiger partial charge in [-0.3, -0.25) is 4.79 Å². The molecule has 0 aromatic rings. The molecule has 4 heteroatoms. The number of carbonyl (C=O) groups is 1. The van der Waals surface area contributed by atoms with Crippen LogP contribution in [-0.4, -0.2) is 35.8 Å². The normalized spacial score (nSPS) is 28.4. The minimum Gasteiger partial charge on any atom is -0.498 e. The summed E-state index contributed by atoms with van der Waals surface area (Å²) in [4.78, 5) is 12.3. The number of aliphatic hydroxyl groups is 1. The first kappa shape index (κ1) is 20.7. The number of fused-ring (bicyclic) bond motifs is 1. The molecule has 4 nitrogen and oxygen atoms in total. The Morgan fingerprint density at radius 1 is 1.15 bits per heavy atom. The fourth-order valence-electron chi connectivity index (χ4n) is 3.31. The third-order valence-corrected chi connectivity index (χ3v) is 5.12. The Hall–Kier alpha value is -1.65. The molecule has 1 saturated heterocycles. The van der Waals surface area contributed by atoms with Crippen molar-refractivity contribution < 1.29 is 19.4 Å². The molecule has 2 rings (SSSR count). The van der Waals surface area contributed by atoms with Crippen LogP contribution in [0.1, 0.15) is 59.8 Å². The summed E-state index contributed by atoms with van der Waals surface area (Å²) in [6.07, 6.45) is 11.4. The van der Waals surface area contributed by atoms with E-state index in [4.69, 9.17) is 9.47 Å². The third-order valence-electron chi connectivity index (χ3n) is 5.12. The van der Waals surface area contributed by atoms with Crippen molar-refractivity contribution in [1.29, 1.82) is 0 Å². The van der Waals surface area contributed by atoms with Gasteiger partial charge < -0.3 is 14.6 Å². The van der Waals surface area contributed by atoms with Gasteiger partial charge in [0.15, 0.2) is 11.4 Å². The highest BCUT2D eigenvalue weighted by Crippen LogP contribution is 2.48.